The predicted octanol–water partition coefficient (Wildman–Crippen LogP) is 3.82. The Kier molecular flexibility index (Phi) is 4.13. The molecule has 1 aromatic carbocycles. The van der Waals surface area contributed by atoms with Gasteiger partial charge in [-0.1, -0.05) is 23.5 Å². The Morgan fingerprint density at radius 2 is 2.19 bits per heavy atom. The van der Waals surface area contributed by atoms with E-state index >= 15 is 0 Å². The van der Waals surface area contributed by atoms with Gasteiger partial charge in [-0.25, -0.2) is 4.98 Å². The molecule has 7 heteroatoms. The largest absolute Gasteiger partial charge is 0.378 e. The van der Waals surface area contributed by atoms with Gasteiger partial charge < -0.3 is 10.1 Å². The van der Waals surface area contributed by atoms with Crippen LogP contribution in [-0.2, 0) is 9.53 Å². The summed E-state index contributed by atoms with van der Waals surface area (Å²) in [5.74, 6) is 1.62. The number of aromatic nitrogens is 3. The number of rotatable bonds is 4. The number of aryl methyl sites for hydroxylation is 1. The quantitative estimate of drug-likeness (QED) is 0.745. The lowest BCUT2D eigenvalue weighted by Crippen LogP contribution is -2.24. The van der Waals surface area contributed by atoms with Crippen molar-refractivity contribution in [2.75, 3.05) is 11.9 Å². The minimum absolute atomic E-state index is 0.0373. The Morgan fingerprint density at radius 1 is 1.26 bits per heavy atom. The van der Waals surface area contributed by atoms with Gasteiger partial charge in [0.2, 0.25) is 5.91 Å². The van der Waals surface area contributed by atoms with Crippen LogP contribution in [0.25, 0.3) is 21.3 Å². The molecule has 1 aliphatic carbocycles. The van der Waals surface area contributed by atoms with Gasteiger partial charge >= 0.3 is 0 Å². The van der Waals surface area contributed by atoms with E-state index in [1.54, 1.807) is 17.5 Å². The maximum atomic E-state index is 12.5. The molecule has 3 aromatic rings. The zero-order chi connectivity index (χ0) is 18.4. The molecule has 1 saturated heterocycles. The molecule has 1 unspecified atom stereocenters. The molecule has 5 rings (SSSR count). The van der Waals surface area contributed by atoms with Gasteiger partial charge in [0.1, 0.15) is 15.8 Å². The van der Waals surface area contributed by atoms with Crippen LogP contribution in [0.2, 0.25) is 0 Å². The summed E-state index contributed by atoms with van der Waals surface area (Å²) >= 11 is 1.57. The zero-order valence-corrected chi connectivity index (χ0v) is 15.8. The highest BCUT2D eigenvalue weighted by molar-refractivity contribution is 7.14. The summed E-state index contributed by atoms with van der Waals surface area (Å²) < 4.78 is 5.63. The van der Waals surface area contributed by atoms with Crippen molar-refractivity contribution in [2.24, 2.45) is 11.8 Å². The van der Waals surface area contributed by atoms with E-state index in [0.717, 1.165) is 45.8 Å². The number of benzene rings is 1. The number of fused-ring (bicyclic) bond motifs is 3. The van der Waals surface area contributed by atoms with Crippen molar-refractivity contribution in [3.8, 4) is 10.6 Å². The number of nitrogens with one attached hydrogen (secondary N) is 1. The molecule has 27 heavy (non-hydrogen) atoms. The molecule has 3 atom stereocenters. The molecular formula is C20H20N4O2S. The third-order valence-electron chi connectivity index (χ3n) is 5.55. The van der Waals surface area contributed by atoms with Crippen LogP contribution in [0.5, 0.6) is 0 Å². The monoisotopic (exact) mass is 380 g/mol. The second-order valence-corrected chi connectivity index (χ2v) is 8.64. The lowest BCUT2D eigenvalue weighted by Gasteiger charge is -2.21. The van der Waals surface area contributed by atoms with Crippen LogP contribution in [0.3, 0.4) is 0 Å². The summed E-state index contributed by atoms with van der Waals surface area (Å²) in [5, 5.41) is 15.2. The summed E-state index contributed by atoms with van der Waals surface area (Å²) in [4.78, 5) is 16.9. The summed E-state index contributed by atoms with van der Waals surface area (Å²) in [5.41, 5.74) is 1.03. The first-order valence-electron chi connectivity index (χ1n) is 9.26. The molecular weight excluding hydrogens is 360 g/mol. The van der Waals surface area contributed by atoms with Crippen LogP contribution in [0.4, 0.5) is 5.82 Å². The predicted molar refractivity (Wildman–Crippen MR) is 105 cm³/mol. The summed E-state index contributed by atoms with van der Waals surface area (Å²) in [6.07, 6.45) is 4.84. The number of nitrogens with zero attached hydrogens (tertiary/aromatic N) is 3. The first-order valence-corrected chi connectivity index (χ1v) is 10.1. The van der Waals surface area contributed by atoms with Crippen molar-refractivity contribution in [2.45, 2.75) is 32.3 Å². The van der Waals surface area contributed by atoms with Crippen LogP contribution in [0.15, 0.2) is 30.5 Å². The summed E-state index contributed by atoms with van der Waals surface area (Å²) in [7, 11) is 0. The number of amides is 1. The van der Waals surface area contributed by atoms with Gasteiger partial charge in [-0.2, -0.15) is 0 Å². The molecule has 0 radical (unpaired) electrons. The molecule has 0 spiro atoms. The maximum absolute atomic E-state index is 12.5. The number of carbonyl (C=O) groups excluding carboxylic acids is 1. The Bertz CT molecular complexity index is 1020. The highest BCUT2D eigenvalue weighted by Gasteiger charge is 2.41. The molecule has 1 amide bonds. The fourth-order valence-electron chi connectivity index (χ4n) is 4.19. The third kappa shape index (κ3) is 3.33. The van der Waals surface area contributed by atoms with Crippen LogP contribution in [0, 0.1) is 18.8 Å². The highest BCUT2D eigenvalue weighted by atomic mass is 32.1. The highest BCUT2D eigenvalue weighted by Crippen LogP contribution is 2.41. The van der Waals surface area contributed by atoms with Crippen molar-refractivity contribution in [3.05, 3.63) is 35.5 Å². The molecule has 2 aromatic heterocycles. The van der Waals surface area contributed by atoms with Crippen LogP contribution in [-0.4, -0.2) is 33.8 Å². The van der Waals surface area contributed by atoms with Gasteiger partial charge in [0.25, 0.3) is 0 Å². The SMILES string of the molecule is Cc1nnc(-c2ccc3cnc(NC(=O)CC4C[C@H]5C[C@@H]4CO5)cc3c2)s1. The van der Waals surface area contributed by atoms with Gasteiger partial charge in [0.05, 0.1) is 12.7 Å². The fraction of sp³-hybridized carbons (Fsp3) is 0.400. The number of ether oxygens (including phenoxy) is 1. The topological polar surface area (TPSA) is 77.0 Å². The van der Waals surface area contributed by atoms with Crippen molar-refractivity contribution < 1.29 is 9.53 Å². The minimum atomic E-state index is 0.0373. The Morgan fingerprint density at radius 3 is 2.93 bits per heavy atom. The minimum Gasteiger partial charge on any atom is -0.378 e. The molecule has 138 valence electrons. The molecule has 3 heterocycles. The number of pyridine rings is 1. The lowest BCUT2D eigenvalue weighted by atomic mass is 9.93. The Balaban J connectivity index is 1.33. The van der Waals surface area contributed by atoms with E-state index in [-0.39, 0.29) is 5.91 Å². The smallest absolute Gasteiger partial charge is 0.225 e. The number of anilines is 1. The first kappa shape index (κ1) is 16.8. The molecule has 2 fully saturated rings. The Labute approximate surface area is 161 Å². The van der Waals surface area contributed by atoms with Gasteiger partial charge in [-0.3, -0.25) is 4.79 Å². The number of hydrogen-bond acceptors (Lipinski definition) is 6. The van der Waals surface area contributed by atoms with Crippen LogP contribution in [0.1, 0.15) is 24.3 Å². The molecule has 2 bridgehead atoms. The molecule has 1 N–H and O–H groups in total. The molecule has 2 aliphatic rings. The van der Waals surface area contributed by atoms with Crippen molar-refractivity contribution in [1.82, 2.24) is 15.2 Å². The van der Waals surface area contributed by atoms with Crippen molar-refractivity contribution in [3.63, 3.8) is 0 Å². The van der Waals surface area contributed by atoms with E-state index < -0.39 is 0 Å². The summed E-state index contributed by atoms with van der Waals surface area (Å²) in [6, 6.07) is 8.04. The summed E-state index contributed by atoms with van der Waals surface area (Å²) in [6.45, 7) is 2.76. The van der Waals surface area contributed by atoms with Crippen molar-refractivity contribution >= 4 is 33.8 Å². The standard InChI is InChI=1S/C20H20N4O2S/c1-11-23-24-20(27-11)12-2-3-13-9-21-18(7-14(13)4-12)22-19(25)8-15-5-17-6-16(15)10-26-17/h2-4,7,9,15-17H,5-6,8,10H2,1H3,(H,21,22,25)/t15?,16-,17+/m1/s1. The number of hydrogen-bond donors (Lipinski definition) is 1. The van der Waals surface area contributed by atoms with Crippen LogP contribution < -0.4 is 5.32 Å². The fourth-order valence-corrected chi connectivity index (χ4v) is 4.88. The maximum Gasteiger partial charge on any atom is 0.225 e. The van der Waals surface area contributed by atoms with E-state index in [0.29, 0.717) is 30.2 Å². The van der Waals surface area contributed by atoms with E-state index in [4.69, 9.17) is 4.74 Å². The van der Waals surface area contributed by atoms with Gasteiger partial charge in [-0.05, 0) is 49.1 Å². The molecule has 1 saturated carbocycles. The first-order chi connectivity index (χ1) is 13.1. The molecule has 1 aliphatic heterocycles. The van der Waals surface area contributed by atoms with Gasteiger partial charge in [-0.15, -0.1) is 10.2 Å². The van der Waals surface area contributed by atoms with Crippen LogP contribution >= 0.6 is 11.3 Å². The normalized spacial score (nSPS) is 23.8. The van der Waals surface area contributed by atoms with E-state index in [9.17, 15) is 4.79 Å². The zero-order valence-electron chi connectivity index (χ0n) is 15.0. The average Bonchev–Trinajstić information content (AvgIpc) is 3.38. The average molecular weight is 380 g/mol. The van der Waals surface area contributed by atoms with E-state index in [1.807, 2.05) is 25.1 Å². The van der Waals surface area contributed by atoms with Crippen molar-refractivity contribution in [1.29, 1.82) is 0 Å². The van der Waals surface area contributed by atoms with Gasteiger partial charge in [0.15, 0.2) is 0 Å². The second kappa shape index (κ2) is 6.65. The number of carbonyl (C=O) groups is 1. The van der Waals surface area contributed by atoms with Gasteiger partial charge in [0, 0.05) is 23.6 Å². The van der Waals surface area contributed by atoms with E-state index in [2.05, 4.69) is 26.6 Å². The lowest BCUT2D eigenvalue weighted by molar-refractivity contribution is -0.117. The molecule has 6 nitrogen and oxygen atoms in total. The Hall–Kier alpha value is -2.38. The third-order valence-corrected chi connectivity index (χ3v) is 6.44. The van der Waals surface area contributed by atoms with E-state index in [1.165, 1.54) is 0 Å². The second-order valence-electron chi connectivity index (χ2n) is 7.46.